The zero-order chi connectivity index (χ0) is 18.7. The van der Waals surface area contributed by atoms with E-state index in [-0.39, 0.29) is 17.8 Å². The number of methoxy groups -OCH3 is 1. The fourth-order valence-corrected chi connectivity index (χ4v) is 3.46. The Labute approximate surface area is 151 Å². The third-order valence-corrected chi connectivity index (χ3v) is 4.93. The lowest BCUT2D eigenvalue weighted by Gasteiger charge is -2.28. The fraction of sp³-hybridized carbons (Fsp3) is 0.429. The molecule has 2 atom stereocenters. The van der Waals surface area contributed by atoms with Gasteiger partial charge in [-0.3, -0.25) is 0 Å². The van der Waals surface area contributed by atoms with Crippen molar-refractivity contribution in [1.82, 2.24) is 0 Å². The van der Waals surface area contributed by atoms with E-state index in [1.54, 1.807) is 25.3 Å². The minimum Gasteiger partial charge on any atom is -0.356 e. The second-order valence-corrected chi connectivity index (χ2v) is 6.66. The van der Waals surface area contributed by atoms with E-state index in [0.29, 0.717) is 36.1 Å². The van der Waals surface area contributed by atoms with Crippen molar-refractivity contribution in [2.75, 3.05) is 13.7 Å². The molecule has 0 spiro atoms. The summed E-state index contributed by atoms with van der Waals surface area (Å²) in [7, 11) is 1.58. The summed E-state index contributed by atoms with van der Waals surface area (Å²) in [6.07, 6.45) is 2.41. The molecule has 2 aromatic rings. The number of benzene rings is 2. The van der Waals surface area contributed by atoms with Gasteiger partial charge in [0.1, 0.15) is 5.82 Å². The summed E-state index contributed by atoms with van der Waals surface area (Å²) < 4.78 is 53.9. The molecule has 0 saturated carbocycles. The molecule has 1 heterocycles. The van der Waals surface area contributed by atoms with E-state index in [4.69, 9.17) is 9.47 Å². The zero-order valence-electron chi connectivity index (χ0n) is 15.0. The molecule has 0 radical (unpaired) electrons. The van der Waals surface area contributed by atoms with Crippen LogP contribution in [0.2, 0.25) is 0 Å². The SMILES string of the molecule is CCCc1ccc(-c2ccc(C3CCC(OC)OC3)c(F)c2)c(F)c1F. The quantitative estimate of drug-likeness (QED) is 0.688. The molecule has 0 bridgehead atoms. The molecule has 1 saturated heterocycles. The van der Waals surface area contributed by atoms with Gasteiger partial charge >= 0.3 is 0 Å². The molecule has 2 aromatic carbocycles. The Bertz CT molecular complexity index is 768. The molecule has 0 aromatic heterocycles. The minimum atomic E-state index is -0.924. The van der Waals surface area contributed by atoms with Crippen molar-refractivity contribution < 1.29 is 22.6 Å². The highest BCUT2D eigenvalue weighted by Gasteiger charge is 2.25. The van der Waals surface area contributed by atoms with Crippen LogP contribution in [0.25, 0.3) is 11.1 Å². The first kappa shape index (κ1) is 18.9. The van der Waals surface area contributed by atoms with Gasteiger partial charge in [0.25, 0.3) is 0 Å². The highest BCUT2D eigenvalue weighted by molar-refractivity contribution is 5.65. The molecular weight excluding hydrogens is 341 g/mol. The van der Waals surface area contributed by atoms with Crippen molar-refractivity contribution in [3.8, 4) is 11.1 Å². The van der Waals surface area contributed by atoms with Crippen LogP contribution >= 0.6 is 0 Å². The normalized spacial score (nSPS) is 20.3. The molecular formula is C21H23F3O2. The van der Waals surface area contributed by atoms with Crippen LogP contribution in [0, 0.1) is 17.5 Å². The van der Waals surface area contributed by atoms with Crippen molar-refractivity contribution in [2.24, 2.45) is 0 Å². The van der Waals surface area contributed by atoms with Crippen LogP contribution in [-0.2, 0) is 15.9 Å². The van der Waals surface area contributed by atoms with Crippen LogP contribution in [-0.4, -0.2) is 20.0 Å². The molecule has 0 aliphatic carbocycles. The smallest absolute Gasteiger partial charge is 0.166 e. The largest absolute Gasteiger partial charge is 0.356 e. The molecule has 140 valence electrons. The first-order valence-corrected chi connectivity index (χ1v) is 8.96. The molecule has 3 rings (SSSR count). The Hall–Kier alpha value is -1.85. The minimum absolute atomic E-state index is 0.0658. The number of ether oxygens (including phenoxy) is 2. The van der Waals surface area contributed by atoms with Crippen molar-refractivity contribution in [1.29, 1.82) is 0 Å². The summed E-state index contributed by atoms with van der Waals surface area (Å²) in [6.45, 7) is 2.28. The fourth-order valence-electron chi connectivity index (χ4n) is 3.46. The maximum absolute atomic E-state index is 14.6. The van der Waals surface area contributed by atoms with Crippen molar-refractivity contribution >= 4 is 0 Å². The van der Waals surface area contributed by atoms with Gasteiger partial charge < -0.3 is 9.47 Å². The number of aryl methyl sites for hydroxylation is 1. The van der Waals surface area contributed by atoms with Gasteiger partial charge in [-0.2, -0.15) is 0 Å². The third kappa shape index (κ3) is 3.79. The van der Waals surface area contributed by atoms with E-state index in [1.807, 2.05) is 6.92 Å². The van der Waals surface area contributed by atoms with Crippen LogP contribution < -0.4 is 0 Å². The Kier molecular flexibility index (Phi) is 5.99. The Morgan fingerprint density at radius 3 is 2.50 bits per heavy atom. The van der Waals surface area contributed by atoms with Crippen LogP contribution in [0.5, 0.6) is 0 Å². The molecule has 1 fully saturated rings. The van der Waals surface area contributed by atoms with Gasteiger partial charge in [-0.1, -0.05) is 37.6 Å². The standard InChI is InChI=1S/C21H23F3O2/c1-3-4-13-5-9-17(21(24)20(13)23)14-6-8-16(18(22)11-14)15-7-10-19(25-2)26-12-15/h5-6,8-9,11,15,19H,3-4,7,10,12H2,1-2H3. The molecule has 0 N–H and O–H groups in total. The summed E-state index contributed by atoms with van der Waals surface area (Å²) in [5, 5.41) is 0. The Morgan fingerprint density at radius 2 is 1.88 bits per heavy atom. The Morgan fingerprint density at radius 1 is 1.08 bits per heavy atom. The van der Waals surface area contributed by atoms with E-state index in [0.717, 1.165) is 12.8 Å². The first-order valence-electron chi connectivity index (χ1n) is 8.96. The topological polar surface area (TPSA) is 18.5 Å². The van der Waals surface area contributed by atoms with Crippen molar-refractivity contribution in [3.63, 3.8) is 0 Å². The molecule has 26 heavy (non-hydrogen) atoms. The van der Waals surface area contributed by atoms with Gasteiger partial charge in [0.05, 0.1) is 6.61 Å². The lowest BCUT2D eigenvalue weighted by atomic mass is 9.91. The average molecular weight is 364 g/mol. The van der Waals surface area contributed by atoms with E-state index < -0.39 is 17.5 Å². The average Bonchev–Trinajstić information content (AvgIpc) is 2.66. The number of hydrogen-bond donors (Lipinski definition) is 0. The highest BCUT2D eigenvalue weighted by atomic mass is 19.2. The molecule has 1 aliphatic rings. The molecule has 1 aliphatic heterocycles. The van der Waals surface area contributed by atoms with E-state index in [2.05, 4.69) is 0 Å². The highest BCUT2D eigenvalue weighted by Crippen LogP contribution is 2.33. The zero-order valence-corrected chi connectivity index (χ0v) is 15.0. The van der Waals surface area contributed by atoms with E-state index in [9.17, 15) is 13.2 Å². The number of halogens is 3. The monoisotopic (exact) mass is 364 g/mol. The summed E-state index contributed by atoms with van der Waals surface area (Å²) in [5.74, 6) is -2.26. The lowest BCUT2D eigenvalue weighted by molar-refractivity contribution is -0.151. The number of hydrogen-bond acceptors (Lipinski definition) is 2. The molecule has 5 heteroatoms. The first-order chi connectivity index (χ1) is 12.5. The van der Waals surface area contributed by atoms with Crippen molar-refractivity contribution in [2.45, 2.75) is 44.8 Å². The van der Waals surface area contributed by atoms with Crippen LogP contribution in [0.4, 0.5) is 13.2 Å². The molecule has 2 nitrogen and oxygen atoms in total. The summed E-state index contributed by atoms with van der Waals surface area (Å²) in [6, 6.07) is 7.64. The summed E-state index contributed by atoms with van der Waals surface area (Å²) in [5.41, 5.74) is 1.29. The summed E-state index contributed by atoms with van der Waals surface area (Å²) in [4.78, 5) is 0. The van der Waals surface area contributed by atoms with E-state index in [1.165, 1.54) is 12.1 Å². The maximum Gasteiger partial charge on any atom is 0.166 e. The Balaban J connectivity index is 1.85. The lowest BCUT2D eigenvalue weighted by Crippen LogP contribution is -2.26. The second-order valence-electron chi connectivity index (χ2n) is 6.66. The third-order valence-electron chi connectivity index (χ3n) is 4.93. The maximum atomic E-state index is 14.6. The second kappa shape index (κ2) is 8.23. The predicted molar refractivity (Wildman–Crippen MR) is 94.5 cm³/mol. The summed E-state index contributed by atoms with van der Waals surface area (Å²) >= 11 is 0. The van der Waals surface area contributed by atoms with Crippen molar-refractivity contribution in [3.05, 3.63) is 58.9 Å². The molecule has 0 amide bonds. The van der Waals surface area contributed by atoms with Crippen LogP contribution in [0.15, 0.2) is 30.3 Å². The van der Waals surface area contributed by atoms with Crippen LogP contribution in [0.3, 0.4) is 0 Å². The van der Waals surface area contributed by atoms with Gasteiger partial charge in [0.15, 0.2) is 17.9 Å². The number of rotatable bonds is 5. The van der Waals surface area contributed by atoms with Gasteiger partial charge in [0, 0.05) is 18.6 Å². The molecule has 2 unspecified atom stereocenters. The van der Waals surface area contributed by atoms with Crippen LogP contribution in [0.1, 0.15) is 43.2 Å². The van der Waals surface area contributed by atoms with Gasteiger partial charge in [-0.25, -0.2) is 13.2 Å². The van der Waals surface area contributed by atoms with Gasteiger partial charge in [0.2, 0.25) is 0 Å². The van der Waals surface area contributed by atoms with Gasteiger partial charge in [-0.05, 0) is 42.0 Å². The van der Waals surface area contributed by atoms with E-state index >= 15 is 0 Å². The predicted octanol–water partition coefficient (Wildman–Crippen LogP) is 5.59. The van der Waals surface area contributed by atoms with Gasteiger partial charge in [-0.15, -0.1) is 0 Å².